The molecule has 0 bridgehead atoms. The van der Waals surface area contributed by atoms with E-state index in [4.69, 9.17) is 11.5 Å². The van der Waals surface area contributed by atoms with Crippen LogP contribution < -0.4 is 11.5 Å². The molecule has 112 valence electrons. The second-order valence-electron chi connectivity index (χ2n) is 7.49. The number of primary amides is 1. The van der Waals surface area contributed by atoms with Gasteiger partial charge in [-0.05, 0) is 28.4 Å². The first kappa shape index (κ1) is 16.7. The van der Waals surface area contributed by atoms with Crippen LogP contribution in [-0.4, -0.2) is 5.91 Å². The van der Waals surface area contributed by atoms with Crippen LogP contribution in [0.2, 0.25) is 0 Å². The Bertz CT molecular complexity index is 455. The zero-order valence-corrected chi connectivity index (χ0v) is 13.4. The van der Waals surface area contributed by atoms with E-state index in [1.807, 2.05) is 13.8 Å². The molecule has 0 aliphatic heterocycles. The van der Waals surface area contributed by atoms with Crippen LogP contribution in [-0.2, 0) is 10.2 Å². The van der Waals surface area contributed by atoms with Crippen LogP contribution in [0.25, 0.3) is 0 Å². The van der Waals surface area contributed by atoms with Gasteiger partial charge in [0.25, 0.3) is 0 Å². The number of nitrogens with two attached hydrogens (primary N) is 2. The van der Waals surface area contributed by atoms with Crippen molar-refractivity contribution in [3.63, 3.8) is 0 Å². The second kappa shape index (κ2) is 5.96. The molecule has 3 heteroatoms. The molecule has 0 aromatic heterocycles. The average molecular weight is 276 g/mol. The van der Waals surface area contributed by atoms with E-state index in [2.05, 4.69) is 45.0 Å². The molecule has 1 amide bonds. The summed E-state index contributed by atoms with van der Waals surface area (Å²) < 4.78 is 0. The number of hydrogen-bond donors (Lipinski definition) is 2. The average Bonchev–Trinajstić information content (AvgIpc) is 2.25. The predicted octanol–water partition coefficient (Wildman–Crippen LogP) is 3.28. The van der Waals surface area contributed by atoms with Crippen molar-refractivity contribution in [1.82, 2.24) is 0 Å². The quantitative estimate of drug-likeness (QED) is 0.866. The highest BCUT2D eigenvalue weighted by atomic mass is 16.1. The van der Waals surface area contributed by atoms with Crippen LogP contribution in [0.1, 0.15) is 64.6 Å². The third-order valence-corrected chi connectivity index (χ3v) is 3.63. The molecule has 0 aliphatic rings. The number of rotatable bonds is 5. The first-order chi connectivity index (χ1) is 9.01. The van der Waals surface area contributed by atoms with Crippen molar-refractivity contribution in [1.29, 1.82) is 0 Å². The monoisotopic (exact) mass is 276 g/mol. The van der Waals surface area contributed by atoms with E-state index in [-0.39, 0.29) is 22.8 Å². The van der Waals surface area contributed by atoms with E-state index >= 15 is 0 Å². The van der Waals surface area contributed by atoms with E-state index < -0.39 is 0 Å². The Morgan fingerprint density at radius 2 is 1.60 bits per heavy atom. The smallest absolute Gasteiger partial charge is 0.217 e. The Morgan fingerprint density at radius 1 is 1.10 bits per heavy atom. The highest BCUT2D eigenvalue weighted by molar-refractivity contribution is 5.74. The maximum Gasteiger partial charge on any atom is 0.217 e. The summed E-state index contributed by atoms with van der Waals surface area (Å²) in [5.41, 5.74) is 13.9. The standard InChI is InChI=1S/C17H28N2O/c1-16(2,3)13-8-6-12(7-9-13)14(18)10-17(4,5)11-15(19)20/h6-9,14H,10-11,18H2,1-5H3,(H2,19,20). The third-order valence-electron chi connectivity index (χ3n) is 3.63. The summed E-state index contributed by atoms with van der Waals surface area (Å²) in [5, 5.41) is 0. The van der Waals surface area contributed by atoms with Crippen molar-refractivity contribution in [2.75, 3.05) is 0 Å². The molecule has 4 N–H and O–H groups in total. The van der Waals surface area contributed by atoms with E-state index in [9.17, 15) is 4.79 Å². The van der Waals surface area contributed by atoms with Gasteiger partial charge >= 0.3 is 0 Å². The van der Waals surface area contributed by atoms with Gasteiger partial charge in [0.15, 0.2) is 0 Å². The van der Waals surface area contributed by atoms with E-state index in [1.54, 1.807) is 0 Å². The summed E-state index contributed by atoms with van der Waals surface area (Å²) in [5.74, 6) is -0.273. The molecule has 0 heterocycles. The van der Waals surface area contributed by atoms with Crippen molar-refractivity contribution >= 4 is 5.91 Å². The van der Waals surface area contributed by atoms with Gasteiger partial charge in [-0.15, -0.1) is 0 Å². The number of benzene rings is 1. The molecule has 1 aromatic rings. The maximum atomic E-state index is 11.1. The predicted molar refractivity (Wildman–Crippen MR) is 84.3 cm³/mol. The summed E-state index contributed by atoms with van der Waals surface area (Å²) in [6.45, 7) is 10.6. The van der Waals surface area contributed by atoms with Crippen LogP contribution >= 0.6 is 0 Å². The van der Waals surface area contributed by atoms with Gasteiger partial charge < -0.3 is 11.5 Å². The minimum atomic E-state index is -0.273. The Morgan fingerprint density at radius 3 is 2.00 bits per heavy atom. The van der Waals surface area contributed by atoms with Crippen molar-refractivity contribution in [3.8, 4) is 0 Å². The highest BCUT2D eigenvalue weighted by Gasteiger charge is 2.24. The van der Waals surface area contributed by atoms with Gasteiger partial charge in [0, 0.05) is 12.5 Å². The van der Waals surface area contributed by atoms with E-state index in [0.717, 1.165) is 12.0 Å². The lowest BCUT2D eigenvalue weighted by atomic mass is 9.80. The molecule has 3 nitrogen and oxygen atoms in total. The minimum Gasteiger partial charge on any atom is -0.370 e. The summed E-state index contributed by atoms with van der Waals surface area (Å²) in [7, 11) is 0. The van der Waals surface area contributed by atoms with Gasteiger partial charge in [-0.2, -0.15) is 0 Å². The second-order valence-corrected chi connectivity index (χ2v) is 7.49. The van der Waals surface area contributed by atoms with Gasteiger partial charge in [0.05, 0.1) is 0 Å². The maximum absolute atomic E-state index is 11.1. The first-order valence-electron chi connectivity index (χ1n) is 7.16. The van der Waals surface area contributed by atoms with Crippen LogP contribution in [0.15, 0.2) is 24.3 Å². The van der Waals surface area contributed by atoms with Gasteiger partial charge in [-0.25, -0.2) is 0 Å². The SMILES string of the molecule is CC(C)(CC(N)=O)CC(N)c1ccc(C(C)(C)C)cc1. The third kappa shape index (κ3) is 4.97. The molecule has 0 radical (unpaired) electrons. The zero-order chi connectivity index (χ0) is 15.6. The fraction of sp³-hybridized carbons (Fsp3) is 0.588. The molecule has 1 rings (SSSR count). The van der Waals surface area contributed by atoms with Gasteiger partial charge in [0.1, 0.15) is 0 Å². The molecule has 0 aliphatic carbocycles. The van der Waals surface area contributed by atoms with E-state index in [1.165, 1.54) is 5.56 Å². The van der Waals surface area contributed by atoms with Gasteiger partial charge in [0.2, 0.25) is 5.91 Å². The molecule has 20 heavy (non-hydrogen) atoms. The summed E-state index contributed by atoms with van der Waals surface area (Å²) in [4.78, 5) is 11.1. The lowest BCUT2D eigenvalue weighted by molar-refractivity contribution is -0.120. The number of carbonyl (C=O) groups excluding carboxylic acids is 1. The topological polar surface area (TPSA) is 69.1 Å². The highest BCUT2D eigenvalue weighted by Crippen LogP contribution is 2.32. The van der Waals surface area contributed by atoms with Crippen molar-refractivity contribution < 1.29 is 4.79 Å². The summed E-state index contributed by atoms with van der Waals surface area (Å²) >= 11 is 0. The van der Waals surface area contributed by atoms with Crippen LogP contribution in [0, 0.1) is 5.41 Å². The van der Waals surface area contributed by atoms with Gasteiger partial charge in [-0.1, -0.05) is 58.9 Å². The molecule has 1 atom stereocenters. The molecule has 0 saturated carbocycles. The molecule has 0 spiro atoms. The lowest BCUT2D eigenvalue weighted by Gasteiger charge is -2.27. The first-order valence-corrected chi connectivity index (χ1v) is 7.16. The number of hydrogen-bond acceptors (Lipinski definition) is 2. The molecule has 1 aromatic carbocycles. The molecular formula is C17H28N2O. The van der Waals surface area contributed by atoms with Crippen molar-refractivity contribution in [2.24, 2.45) is 16.9 Å². The number of carbonyl (C=O) groups is 1. The van der Waals surface area contributed by atoms with Crippen LogP contribution in [0.4, 0.5) is 0 Å². The van der Waals surface area contributed by atoms with E-state index in [0.29, 0.717) is 6.42 Å². The summed E-state index contributed by atoms with van der Waals surface area (Å²) in [6.07, 6.45) is 1.10. The Kier molecular flexibility index (Phi) is 4.98. The Balaban J connectivity index is 2.78. The summed E-state index contributed by atoms with van der Waals surface area (Å²) in [6, 6.07) is 8.38. The zero-order valence-electron chi connectivity index (χ0n) is 13.4. The minimum absolute atomic E-state index is 0.0710. The lowest BCUT2D eigenvalue weighted by Crippen LogP contribution is -2.27. The fourth-order valence-electron chi connectivity index (χ4n) is 2.49. The Labute approximate surface area is 122 Å². The largest absolute Gasteiger partial charge is 0.370 e. The Hall–Kier alpha value is -1.35. The molecular weight excluding hydrogens is 248 g/mol. The molecule has 0 saturated heterocycles. The van der Waals surface area contributed by atoms with Crippen LogP contribution in [0.5, 0.6) is 0 Å². The van der Waals surface area contributed by atoms with Gasteiger partial charge in [-0.3, -0.25) is 4.79 Å². The van der Waals surface area contributed by atoms with Crippen molar-refractivity contribution in [2.45, 2.75) is 58.9 Å². The molecule has 0 fully saturated rings. The normalized spacial score (nSPS) is 14.1. The van der Waals surface area contributed by atoms with Crippen LogP contribution in [0.3, 0.4) is 0 Å². The number of amides is 1. The van der Waals surface area contributed by atoms with Crippen molar-refractivity contribution in [3.05, 3.63) is 35.4 Å². The fourth-order valence-corrected chi connectivity index (χ4v) is 2.49. The molecule has 1 unspecified atom stereocenters.